The smallest absolute Gasteiger partial charge is 0.343 e. The Hall–Kier alpha value is -4.39. The van der Waals surface area contributed by atoms with E-state index in [1.807, 2.05) is 36.0 Å². The lowest BCUT2D eigenvalue weighted by Crippen LogP contribution is -2.08. The fourth-order valence-corrected chi connectivity index (χ4v) is 3.98. The van der Waals surface area contributed by atoms with E-state index in [4.69, 9.17) is 14.2 Å². The van der Waals surface area contributed by atoms with Gasteiger partial charge in [0.2, 0.25) is 5.78 Å². The molecule has 0 saturated heterocycles. The molecule has 0 spiro atoms. The molecule has 2 aromatic carbocycles. The molecule has 0 fully saturated rings. The Labute approximate surface area is 189 Å². The van der Waals surface area contributed by atoms with Gasteiger partial charge in [-0.3, -0.25) is 9.78 Å². The highest BCUT2D eigenvalue weighted by Crippen LogP contribution is 2.38. The molecule has 0 atom stereocenters. The lowest BCUT2D eigenvalue weighted by Gasteiger charge is -2.07. The topological polar surface area (TPSA) is 79.7 Å². The second-order valence-corrected chi connectivity index (χ2v) is 7.76. The van der Waals surface area contributed by atoms with Crippen molar-refractivity contribution in [2.45, 2.75) is 6.92 Å². The fourth-order valence-electron chi connectivity index (χ4n) is 3.98. The van der Waals surface area contributed by atoms with Crippen LogP contribution in [0.5, 0.6) is 17.2 Å². The number of esters is 1. The van der Waals surface area contributed by atoms with E-state index in [9.17, 15) is 9.59 Å². The molecule has 2 aromatic heterocycles. The molecule has 164 valence electrons. The van der Waals surface area contributed by atoms with E-state index < -0.39 is 5.97 Å². The van der Waals surface area contributed by atoms with Gasteiger partial charge >= 0.3 is 5.97 Å². The van der Waals surface area contributed by atoms with Crippen LogP contribution in [0.3, 0.4) is 0 Å². The zero-order chi connectivity index (χ0) is 23.1. The second kappa shape index (κ2) is 7.94. The molecule has 3 heterocycles. The van der Waals surface area contributed by atoms with E-state index in [0.717, 1.165) is 22.2 Å². The van der Waals surface area contributed by atoms with Gasteiger partial charge in [-0.05, 0) is 55.0 Å². The van der Waals surface area contributed by atoms with Crippen molar-refractivity contribution >= 4 is 28.7 Å². The minimum absolute atomic E-state index is 0.209. The van der Waals surface area contributed by atoms with Gasteiger partial charge in [0, 0.05) is 48.2 Å². The lowest BCUT2D eigenvalue weighted by molar-refractivity contribution is 0.0734. The highest BCUT2D eigenvalue weighted by Gasteiger charge is 2.30. The molecule has 0 unspecified atom stereocenters. The number of allylic oxidation sites excluding steroid dienone is 1. The number of fused-ring (bicyclic) bond motifs is 2. The van der Waals surface area contributed by atoms with E-state index >= 15 is 0 Å². The third-order valence-corrected chi connectivity index (χ3v) is 5.58. The van der Waals surface area contributed by atoms with E-state index in [1.165, 1.54) is 12.4 Å². The van der Waals surface area contributed by atoms with E-state index in [1.54, 1.807) is 44.4 Å². The van der Waals surface area contributed by atoms with Crippen molar-refractivity contribution < 1.29 is 23.8 Å². The van der Waals surface area contributed by atoms with Gasteiger partial charge in [0.15, 0.2) is 5.76 Å². The van der Waals surface area contributed by atoms with Gasteiger partial charge in [0.1, 0.15) is 17.2 Å². The summed E-state index contributed by atoms with van der Waals surface area (Å²) in [6, 6.07) is 12.2. The van der Waals surface area contributed by atoms with E-state index in [-0.39, 0.29) is 11.5 Å². The number of benzene rings is 2. The number of rotatable bonds is 4. The van der Waals surface area contributed by atoms with Gasteiger partial charge in [0.25, 0.3) is 0 Å². The standard InChI is InChI=1S/C26H20N2O5/c1-15-10-19(32-26(30)16-6-8-27-9-7-16)13-22-24(15)25(29)23(33-22)11-17-14-28(2)21-5-4-18(31-3)12-20(17)21/h4-14H,1-3H3/b23-11-. The Morgan fingerprint density at radius 1 is 1.09 bits per heavy atom. The van der Waals surface area contributed by atoms with Crippen LogP contribution in [0.2, 0.25) is 0 Å². The van der Waals surface area contributed by atoms with Crippen LogP contribution in [0.1, 0.15) is 31.8 Å². The van der Waals surface area contributed by atoms with Crippen molar-refractivity contribution in [3.8, 4) is 17.2 Å². The Balaban J connectivity index is 1.48. The molecule has 0 N–H and O–H groups in total. The van der Waals surface area contributed by atoms with Gasteiger partial charge in [0.05, 0.1) is 18.2 Å². The minimum atomic E-state index is -0.512. The maximum absolute atomic E-state index is 13.1. The molecular weight excluding hydrogens is 420 g/mol. The zero-order valence-electron chi connectivity index (χ0n) is 18.3. The van der Waals surface area contributed by atoms with Gasteiger partial charge < -0.3 is 18.8 Å². The zero-order valence-corrected chi connectivity index (χ0v) is 18.3. The first-order valence-corrected chi connectivity index (χ1v) is 10.3. The molecular formula is C26H20N2O5. The Bertz CT molecular complexity index is 1450. The van der Waals surface area contributed by atoms with Crippen LogP contribution in [-0.4, -0.2) is 28.4 Å². The summed E-state index contributed by atoms with van der Waals surface area (Å²) in [5.74, 6) is 0.877. The number of methoxy groups -OCH3 is 1. The summed E-state index contributed by atoms with van der Waals surface area (Å²) < 4.78 is 18.7. The van der Waals surface area contributed by atoms with Crippen LogP contribution in [0, 0.1) is 6.92 Å². The third-order valence-electron chi connectivity index (χ3n) is 5.58. The summed E-state index contributed by atoms with van der Waals surface area (Å²) in [5.41, 5.74) is 3.35. The van der Waals surface area contributed by atoms with Crippen LogP contribution < -0.4 is 14.2 Å². The summed E-state index contributed by atoms with van der Waals surface area (Å²) in [4.78, 5) is 29.4. The third kappa shape index (κ3) is 3.63. The van der Waals surface area contributed by atoms with Crippen molar-refractivity contribution in [3.05, 3.63) is 89.1 Å². The summed E-state index contributed by atoms with van der Waals surface area (Å²) in [6.45, 7) is 1.79. The van der Waals surface area contributed by atoms with Crippen LogP contribution in [0.15, 0.2) is 66.8 Å². The molecule has 0 bridgehead atoms. The number of aromatic nitrogens is 2. The molecule has 7 nitrogen and oxygen atoms in total. The largest absolute Gasteiger partial charge is 0.497 e. The Morgan fingerprint density at radius 2 is 1.88 bits per heavy atom. The number of Topliss-reactive ketones (excluding diaryl/α,β-unsaturated/α-hetero) is 1. The van der Waals surface area contributed by atoms with E-state index in [2.05, 4.69) is 4.98 Å². The quantitative estimate of drug-likeness (QED) is 0.259. The lowest BCUT2D eigenvalue weighted by atomic mass is 10.0. The van der Waals surface area contributed by atoms with Crippen molar-refractivity contribution in [3.63, 3.8) is 0 Å². The van der Waals surface area contributed by atoms with Crippen LogP contribution in [0.25, 0.3) is 17.0 Å². The average Bonchev–Trinajstić information content (AvgIpc) is 3.30. The summed E-state index contributed by atoms with van der Waals surface area (Å²) in [7, 11) is 3.56. The number of pyridine rings is 1. The first kappa shape index (κ1) is 20.5. The minimum Gasteiger partial charge on any atom is -0.497 e. The van der Waals surface area contributed by atoms with Crippen molar-refractivity contribution in [1.29, 1.82) is 0 Å². The molecule has 0 aliphatic carbocycles. The van der Waals surface area contributed by atoms with E-state index in [0.29, 0.717) is 28.2 Å². The monoisotopic (exact) mass is 440 g/mol. The van der Waals surface area contributed by atoms with Gasteiger partial charge in [-0.25, -0.2) is 4.79 Å². The van der Waals surface area contributed by atoms with Crippen molar-refractivity contribution in [2.75, 3.05) is 7.11 Å². The highest BCUT2D eigenvalue weighted by atomic mass is 16.5. The van der Waals surface area contributed by atoms with Crippen molar-refractivity contribution in [1.82, 2.24) is 9.55 Å². The summed E-state index contributed by atoms with van der Waals surface area (Å²) in [5, 5.41) is 0.945. The maximum atomic E-state index is 13.1. The summed E-state index contributed by atoms with van der Waals surface area (Å²) in [6.07, 6.45) is 6.70. The molecule has 1 aliphatic rings. The number of hydrogen-bond acceptors (Lipinski definition) is 6. The second-order valence-electron chi connectivity index (χ2n) is 7.76. The Kier molecular flexibility index (Phi) is 4.94. The average molecular weight is 440 g/mol. The first-order chi connectivity index (χ1) is 15.9. The number of hydrogen-bond donors (Lipinski definition) is 0. The highest BCUT2D eigenvalue weighted by molar-refractivity contribution is 6.16. The fraction of sp³-hybridized carbons (Fsp3) is 0.115. The van der Waals surface area contributed by atoms with Gasteiger partial charge in [-0.2, -0.15) is 0 Å². The summed E-state index contributed by atoms with van der Waals surface area (Å²) >= 11 is 0. The predicted octanol–water partition coefficient (Wildman–Crippen LogP) is 4.73. The SMILES string of the molecule is COc1ccc2c(c1)c(/C=C1\Oc3cc(OC(=O)c4ccncc4)cc(C)c3C1=O)cn2C. The predicted molar refractivity (Wildman–Crippen MR) is 123 cm³/mol. The molecule has 4 aromatic rings. The van der Waals surface area contributed by atoms with Crippen molar-refractivity contribution in [2.24, 2.45) is 7.05 Å². The number of ketones is 1. The number of ether oxygens (including phenoxy) is 3. The normalized spacial score (nSPS) is 13.8. The number of carbonyl (C=O) groups is 2. The molecule has 0 saturated carbocycles. The van der Waals surface area contributed by atoms with Crippen LogP contribution >= 0.6 is 0 Å². The number of aryl methyl sites for hydroxylation is 2. The number of nitrogens with zero attached hydrogens (tertiary/aromatic N) is 2. The molecule has 1 aliphatic heterocycles. The maximum Gasteiger partial charge on any atom is 0.343 e. The van der Waals surface area contributed by atoms with Crippen LogP contribution in [0.4, 0.5) is 0 Å². The van der Waals surface area contributed by atoms with Gasteiger partial charge in [-0.15, -0.1) is 0 Å². The molecule has 0 amide bonds. The van der Waals surface area contributed by atoms with Gasteiger partial charge in [-0.1, -0.05) is 0 Å². The van der Waals surface area contributed by atoms with Crippen LogP contribution in [-0.2, 0) is 7.05 Å². The molecule has 33 heavy (non-hydrogen) atoms. The molecule has 0 radical (unpaired) electrons. The molecule has 7 heteroatoms. The molecule has 5 rings (SSSR count). The first-order valence-electron chi connectivity index (χ1n) is 10.3. The Morgan fingerprint density at radius 3 is 2.64 bits per heavy atom. The number of carbonyl (C=O) groups excluding carboxylic acids is 2.